The summed E-state index contributed by atoms with van der Waals surface area (Å²) in [7, 11) is -3.88. The quantitative estimate of drug-likeness (QED) is 0.847. The van der Waals surface area contributed by atoms with E-state index < -0.39 is 10.0 Å². The summed E-state index contributed by atoms with van der Waals surface area (Å²) in [6.45, 7) is 4.47. The van der Waals surface area contributed by atoms with E-state index in [2.05, 4.69) is 28.2 Å². The highest BCUT2D eigenvalue weighted by atomic mass is 79.9. The normalized spacial score (nSPS) is 17.1. The number of primary sulfonamides is 1. The third-order valence-corrected chi connectivity index (χ3v) is 6.28. The van der Waals surface area contributed by atoms with Gasteiger partial charge in [-0.2, -0.15) is 0 Å². The van der Waals surface area contributed by atoms with Crippen LogP contribution in [0.5, 0.6) is 0 Å². The molecule has 7 heteroatoms. The zero-order chi connectivity index (χ0) is 15.8. The first kappa shape index (κ1) is 16.5. The molecule has 0 unspecified atom stereocenters. The number of carbonyl (C=O) groups is 1. The van der Waals surface area contributed by atoms with Gasteiger partial charge in [-0.1, -0.05) is 13.3 Å². The number of hydrogen-bond acceptors (Lipinski definition) is 3. The Morgan fingerprint density at radius 1 is 1.43 bits per heavy atom. The van der Waals surface area contributed by atoms with Crippen molar-refractivity contribution in [2.75, 3.05) is 6.54 Å². The first-order valence-electron chi connectivity index (χ1n) is 6.74. The third-order valence-electron chi connectivity index (χ3n) is 4.03. The van der Waals surface area contributed by atoms with Crippen molar-refractivity contribution in [3.63, 3.8) is 0 Å². The second-order valence-electron chi connectivity index (χ2n) is 6.00. The molecule has 0 atom stereocenters. The van der Waals surface area contributed by atoms with E-state index in [4.69, 9.17) is 5.14 Å². The van der Waals surface area contributed by atoms with Crippen molar-refractivity contribution in [2.24, 2.45) is 10.6 Å². The highest BCUT2D eigenvalue weighted by molar-refractivity contribution is 9.10. The molecule has 1 aliphatic rings. The Kier molecular flexibility index (Phi) is 4.46. The van der Waals surface area contributed by atoms with Gasteiger partial charge in [0.2, 0.25) is 10.0 Å². The van der Waals surface area contributed by atoms with Crippen molar-refractivity contribution in [3.05, 3.63) is 27.7 Å². The van der Waals surface area contributed by atoms with E-state index >= 15 is 0 Å². The highest BCUT2D eigenvalue weighted by Crippen LogP contribution is 2.39. The number of rotatable bonds is 4. The lowest BCUT2D eigenvalue weighted by Crippen LogP contribution is -2.40. The van der Waals surface area contributed by atoms with Gasteiger partial charge in [0.05, 0.1) is 4.90 Å². The zero-order valence-electron chi connectivity index (χ0n) is 12.1. The fourth-order valence-electron chi connectivity index (χ4n) is 2.43. The lowest BCUT2D eigenvalue weighted by atomic mass is 9.70. The summed E-state index contributed by atoms with van der Waals surface area (Å²) in [4.78, 5) is 12.1. The number of nitrogens with one attached hydrogen (secondary N) is 1. The Morgan fingerprint density at radius 3 is 2.52 bits per heavy atom. The molecule has 0 aliphatic heterocycles. The summed E-state index contributed by atoms with van der Waals surface area (Å²) in [5.41, 5.74) is 1.13. The number of amides is 1. The maximum absolute atomic E-state index is 12.2. The van der Waals surface area contributed by atoms with Gasteiger partial charge in [-0.15, -0.1) is 0 Å². The third kappa shape index (κ3) is 3.64. The Hall–Kier alpha value is -0.920. The standard InChI is InChI=1S/C14H19BrN2O3S/c1-9-6-10(7-11(12(9)15)21(16,19)20)13(18)17-8-14(2)4-3-5-14/h6-7H,3-5,8H2,1-2H3,(H,17,18)(H2,16,19,20). The van der Waals surface area contributed by atoms with E-state index in [0.29, 0.717) is 22.1 Å². The van der Waals surface area contributed by atoms with Gasteiger partial charge in [0.15, 0.2) is 0 Å². The van der Waals surface area contributed by atoms with Crippen molar-refractivity contribution in [3.8, 4) is 0 Å². The lowest BCUT2D eigenvalue weighted by molar-refractivity contribution is 0.0890. The van der Waals surface area contributed by atoms with Gasteiger partial charge < -0.3 is 5.32 Å². The van der Waals surface area contributed by atoms with Crippen LogP contribution in [-0.2, 0) is 10.0 Å². The highest BCUT2D eigenvalue weighted by Gasteiger charge is 2.32. The average molecular weight is 375 g/mol. The van der Waals surface area contributed by atoms with E-state index in [1.807, 2.05) is 0 Å². The van der Waals surface area contributed by atoms with Crippen LogP contribution in [-0.4, -0.2) is 20.9 Å². The molecule has 0 radical (unpaired) electrons. The van der Waals surface area contributed by atoms with Gasteiger partial charge in [-0.3, -0.25) is 4.79 Å². The molecule has 0 heterocycles. The molecule has 1 saturated carbocycles. The molecule has 1 aromatic rings. The van der Waals surface area contributed by atoms with Crippen LogP contribution in [0.15, 0.2) is 21.5 Å². The Morgan fingerprint density at radius 2 is 2.05 bits per heavy atom. The first-order valence-corrected chi connectivity index (χ1v) is 9.07. The SMILES string of the molecule is Cc1cc(C(=O)NCC2(C)CCC2)cc(S(N)(=O)=O)c1Br. The van der Waals surface area contributed by atoms with Crippen molar-refractivity contribution in [1.29, 1.82) is 0 Å². The lowest BCUT2D eigenvalue weighted by Gasteiger charge is -2.38. The average Bonchev–Trinajstić information content (AvgIpc) is 2.35. The predicted octanol–water partition coefficient (Wildman–Crippen LogP) is 2.32. The second-order valence-corrected chi connectivity index (χ2v) is 8.32. The Labute approximate surface area is 133 Å². The Balaban J connectivity index is 2.23. The topological polar surface area (TPSA) is 89.3 Å². The minimum Gasteiger partial charge on any atom is -0.351 e. The first-order chi connectivity index (χ1) is 9.62. The molecule has 1 aliphatic carbocycles. The predicted molar refractivity (Wildman–Crippen MR) is 84.5 cm³/mol. The van der Waals surface area contributed by atoms with Crippen molar-refractivity contribution >= 4 is 31.9 Å². The van der Waals surface area contributed by atoms with E-state index in [-0.39, 0.29) is 16.2 Å². The molecule has 1 aromatic carbocycles. The number of aryl methyl sites for hydroxylation is 1. The summed E-state index contributed by atoms with van der Waals surface area (Å²) < 4.78 is 23.5. The number of carbonyl (C=O) groups excluding carboxylic acids is 1. The molecule has 21 heavy (non-hydrogen) atoms. The molecular weight excluding hydrogens is 356 g/mol. The van der Waals surface area contributed by atoms with Crippen LogP contribution in [0, 0.1) is 12.3 Å². The molecule has 5 nitrogen and oxygen atoms in total. The van der Waals surface area contributed by atoms with Gasteiger partial charge in [0.25, 0.3) is 5.91 Å². The number of sulfonamides is 1. The monoisotopic (exact) mass is 374 g/mol. The molecular formula is C14H19BrN2O3S. The van der Waals surface area contributed by atoms with Crippen LogP contribution >= 0.6 is 15.9 Å². The second kappa shape index (κ2) is 5.70. The van der Waals surface area contributed by atoms with Crippen LogP contribution in [0.25, 0.3) is 0 Å². The number of hydrogen-bond donors (Lipinski definition) is 2. The smallest absolute Gasteiger partial charge is 0.251 e. The van der Waals surface area contributed by atoms with Crippen molar-refractivity contribution in [2.45, 2.75) is 38.0 Å². The number of halogens is 1. The molecule has 116 valence electrons. The molecule has 3 N–H and O–H groups in total. The van der Waals surface area contributed by atoms with Crippen LogP contribution in [0.4, 0.5) is 0 Å². The van der Waals surface area contributed by atoms with Crippen LogP contribution in [0.3, 0.4) is 0 Å². The largest absolute Gasteiger partial charge is 0.351 e. The molecule has 0 spiro atoms. The van der Waals surface area contributed by atoms with Crippen molar-refractivity contribution < 1.29 is 13.2 Å². The maximum Gasteiger partial charge on any atom is 0.251 e. The van der Waals surface area contributed by atoms with E-state index in [1.54, 1.807) is 13.0 Å². The fraction of sp³-hybridized carbons (Fsp3) is 0.500. The summed E-state index contributed by atoms with van der Waals surface area (Å²) >= 11 is 3.20. The number of benzene rings is 1. The molecule has 1 amide bonds. The van der Waals surface area contributed by atoms with E-state index in [9.17, 15) is 13.2 Å². The van der Waals surface area contributed by atoms with Gasteiger partial charge in [-0.05, 0) is 58.8 Å². The zero-order valence-corrected chi connectivity index (χ0v) is 14.5. The van der Waals surface area contributed by atoms with Gasteiger partial charge >= 0.3 is 0 Å². The fourth-order valence-corrected chi connectivity index (χ4v) is 4.04. The number of nitrogens with two attached hydrogens (primary N) is 1. The minimum atomic E-state index is -3.88. The molecule has 2 rings (SSSR count). The Bertz CT molecular complexity index is 682. The summed E-state index contributed by atoms with van der Waals surface area (Å²) in [6.07, 6.45) is 3.41. The van der Waals surface area contributed by atoms with Crippen LogP contribution in [0.1, 0.15) is 42.1 Å². The molecule has 0 aromatic heterocycles. The van der Waals surface area contributed by atoms with E-state index in [0.717, 1.165) is 12.8 Å². The molecule has 0 saturated heterocycles. The minimum absolute atomic E-state index is 0.0671. The van der Waals surface area contributed by atoms with Gasteiger partial charge in [-0.25, -0.2) is 13.6 Å². The maximum atomic E-state index is 12.2. The van der Waals surface area contributed by atoms with Gasteiger partial charge in [0.1, 0.15) is 0 Å². The summed E-state index contributed by atoms with van der Waals surface area (Å²) in [6, 6.07) is 2.96. The van der Waals surface area contributed by atoms with Crippen LogP contribution < -0.4 is 10.5 Å². The van der Waals surface area contributed by atoms with Crippen LogP contribution in [0.2, 0.25) is 0 Å². The van der Waals surface area contributed by atoms with Crippen molar-refractivity contribution in [1.82, 2.24) is 5.32 Å². The molecule has 0 bridgehead atoms. The van der Waals surface area contributed by atoms with E-state index in [1.165, 1.54) is 12.5 Å². The molecule has 1 fully saturated rings. The summed E-state index contributed by atoms with van der Waals surface area (Å²) in [5, 5.41) is 8.06. The van der Waals surface area contributed by atoms with Gasteiger partial charge in [0, 0.05) is 16.6 Å². The summed E-state index contributed by atoms with van der Waals surface area (Å²) in [5.74, 6) is -0.274.